The van der Waals surface area contributed by atoms with Gasteiger partial charge in [-0.05, 0) is 26.0 Å². The number of hydrogen-bond acceptors (Lipinski definition) is 6. The van der Waals surface area contributed by atoms with Crippen molar-refractivity contribution in [3.05, 3.63) is 24.2 Å². The third-order valence-electron chi connectivity index (χ3n) is 3.23. The number of furan rings is 1. The highest BCUT2D eigenvalue weighted by atomic mass is 16.3. The summed E-state index contributed by atoms with van der Waals surface area (Å²) >= 11 is 0. The normalized spacial score (nSPS) is 14.4. The summed E-state index contributed by atoms with van der Waals surface area (Å²) in [5.41, 5.74) is 0. The van der Waals surface area contributed by atoms with E-state index in [2.05, 4.69) is 10.6 Å². The van der Waals surface area contributed by atoms with Gasteiger partial charge in [0.25, 0.3) is 0 Å². The monoisotopic (exact) mass is 350 g/mol. The Labute approximate surface area is 143 Å². The zero-order valence-electron chi connectivity index (χ0n) is 13.8. The average Bonchev–Trinajstić information content (AvgIpc) is 3.12. The average molecular weight is 350 g/mol. The highest BCUT2D eigenvalue weighted by Gasteiger charge is 2.45. The molecule has 0 radical (unpaired) electrons. The number of rotatable bonds is 7. The van der Waals surface area contributed by atoms with Crippen molar-refractivity contribution < 1.29 is 28.4 Å². The quantitative estimate of drug-likeness (QED) is 0.490. The van der Waals surface area contributed by atoms with Crippen LogP contribution in [0, 0.1) is 0 Å². The topological polar surface area (TPSA) is 129 Å². The van der Waals surface area contributed by atoms with Crippen molar-refractivity contribution in [2.24, 2.45) is 0 Å². The fraction of sp³-hybridized carbons (Fsp3) is 0.400. The van der Waals surface area contributed by atoms with Crippen LogP contribution in [0.3, 0.4) is 0 Å². The zero-order valence-corrected chi connectivity index (χ0v) is 13.8. The van der Waals surface area contributed by atoms with Gasteiger partial charge >= 0.3 is 17.8 Å². The van der Waals surface area contributed by atoms with Crippen LogP contribution in [-0.4, -0.2) is 58.6 Å². The van der Waals surface area contributed by atoms with Gasteiger partial charge in [0.05, 0.1) is 19.4 Å². The van der Waals surface area contributed by atoms with Crippen LogP contribution in [-0.2, 0) is 25.7 Å². The summed E-state index contributed by atoms with van der Waals surface area (Å²) in [7, 11) is 0. The summed E-state index contributed by atoms with van der Waals surface area (Å²) < 4.78 is 5.04. The van der Waals surface area contributed by atoms with Crippen LogP contribution in [0.25, 0.3) is 0 Å². The molecule has 25 heavy (non-hydrogen) atoms. The Kier molecular flexibility index (Phi) is 5.52. The molecule has 0 bridgehead atoms. The van der Waals surface area contributed by atoms with E-state index in [1.54, 1.807) is 26.0 Å². The largest absolute Gasteiger partial charge is 0.467 e. The fourth-order valence-corrected chi connectivity index (χ4v) is 2.14. The number of nitrogens with one attached hydrogen (secondary N) is 2. The minimum absolute atomic E-state index is 0.0843. The van der Waals surface area contributed by atoms with E-state index in [1.807, 2.05) is 0 Å². The van der Waals surface area contributed by atoms with E-state index >= 15 is 0 Å². The number of carbonyl (C=O) groups is 5. The molecule has 134 valence electrons. The van der Waals surface area contributed by atoms with Crippen molar-refractivity contribution in [2.45, 2.75) is 26.4 Å². The van der Waals surface area contributed by atoms with E-state index in [1.165, 1.54) is 6.26 Å². The van der Waals surface area contributed by atoms with Crippen molar-refractivity contribution in [2.75, 3.05) is 13.1 Å². The first-order valence-electron chi connectivity index (χ1n) is 7.55. The second-order valence-electron chi connectivity index (χ2n) is 5.64. The predicted molar refractivity (Wildman–Crippen MR) is 82.7 cm³/mol. The molecular weight excluding hydrogens is 332 g/mol. The molecule has 0 atom stereocenters. The van der Waals surface area contributed by atoms with Crippen LogP contribution in [0.4, 0.5) is 4.79 Å². The highest BCUT2D eigenvalue weighted by molar-refractivity contribution is 6.44. The molecule has 2 N–H and O–H groups in total. The molecule has 1 aliphatic heterocycles. The lowest BCUT2D eigenvalue weighted by Crippen LogP contribution is -2.45. The van der Waals surface area contributed by atoms with Crippen LogP contribution < -0.4 is 10.6 Å². The minimum Gasteiger partial charge on any atom is -0.467 e. The van der Waals surface area contributed by atoms with E-state index in [4.69, 9.17) is 4.42 Å². The maximum atomic E-state index is 12.2. The Morgan fingerprint density at radius 3 is 2.40 bits per heavy atom. The van der Waals surface area contributed by atoms with E-state index in [0.29, 0.717) is 15.6 Å². The standard InChI is InChI=1S/C15H18N4O6/c1-9(2)17-11(20)6-16-12(21)8-19-14(23)13(22)18(15(19)24)7-10-4-3-5-25-10/h3-5,9H,6-8H2,1-2H3,(H,16,21)(H,17,20). The van der Waals surface area contributed by atoms with Crippen LogP contribution in [0.15, 0.2) is 22.8 Å². The third kappa shape index (κ3) is 4.43. The van der Waals surface area contributed by atoms with Crippen LogP contribution in [0.5, 0.6) is 0 Å². The smallest absolute Gasteiger partial charge is 0.335 e. The van der Waals surface area contributed by atoms with E-state index in [0.717, 1.165) is 0 Å². The summed E-state index contributed by atoms with van der Waals surface area (Å²) in [6.45, 7) is 2.39. The summed E-state index contributed by atoms with van der Waals surface area (Å²) in [6, 6.07) is 2.13. The lowest BCUT2D eigenvalue weighted by atomic mass is 10.4. The first-order chi connectivity index (χ1) is 11.8. The van der Waals surface area contributed by atoms with Crippen molar-refractivity contribution in [1.82, 2.24) is 20.4 Å². The van der Waals surface area contributed by atoms with Gasteiger partial charge in [0.15, 0.2) is 0 Å². The van der Waals surface area contributed by atoms with E-state index in [9.17, 15) is 24.0 Å². The molecule has 1 fully saturated rings. The molecular formula is C15H18N4O6. The Morgan fingerprint density at radius 2 is 1.80 bits per heavy atom. The maximum Gasteiger partial charge on any atom is 0.335 e. The summed E-state index contributed by atoms with van der Waals surface area (Å²) in [6.07, 6.45) is 1.37. The Hall–Kier alpha value is -3.17. The number of urea groups is 1. The number of hydrogen-bond donors (Lipinski definition) is 2. The van der Waals surface area contributed by atoms with Crippen molar-refractivity contribution in [1.29, 1.82) is 0 Å². The highest BCUT2D eigenvalue weighted by Crippen LogP contribution is 2.15. The second-order valence-corrected chi connectivity index (χ2v) is 5.64. The molecule has 0 unspecified atom stereocenters. The molecule has 10 heteroatoms. The first kappa shape index (κ1) is 18.2. The molecule has 2 rings (SSSR count). The Bertz CT molecular complexity index is 697. The molecule has 0 aliphatic carbocycles. The molecule has 6 amide bonds. The predicted octanol–water partition coefficient (Wildman–Crippen LogP) is -0.789. The van der Waals surface area contributed by atoms with E-state index < -0.39 is 36.2 Å². The number of nitrogens with zero attached hydrogens (tertiary/aromatic N) is 2. The zero-order chi connectivity index (χ0) is 18.6. The summed E-state index contributed by atoms with van der Waals surface area (Å²) in [5, 5.41) is 4.86. The van der Waals surface area contributed by atoms with Gasteiger partial charge in [-0.1, -0.05) is 0 Å². The van der Waals surface area contributed by atoms with Gasteiger partial charge in [0.2, 0.25) is 11.8 Å². The van der Waals surface area contributed by atoms with Gasteiger partial charge in [-0.15, -0.1) is 0 Å². The molecule has 0 spiro atoms. The number of carbonyl (C=O) groups excluding carboxylic acids is 5. The number of imide groups is 2. The second kappa shape index (κ2) is 7.60. The van der Waals surface area contributed by atoms with Gasteiger partial charge in [0, 0.05) is 6.04 Å². The Balaban J connectivity index is 1.92. The summed E-state index contributed by atoms with van der Waals surface area (Å²) in [4.78, 5) is 60.5. The van der Waals surface area contributed by atoms with Crippen molar-refractivity contribution >= 4 is 29.7 Å². The molecule has 1 aromatic heterocycles. The first-order valence-corrected chi connectivity index (χ1v) is 7.55. The van der Waals surface area contributed by atoms with Gasteiger partial charge in [0.1, 0.15) is 12.3 Å². The van der Waals surface area contributed by atoms with Crippen molar-refractivity contribution in [3.63, 3.8) is 0 Å². The molecule has 2 heterocycles. The van der Waals surface area contributed by atoms with Gasteiger partial charge in [-0.25, -0.2) is 14.6 Å². The van der Waals surface area contributed by atoms with Crippen LogP contribution in [0.1, 0.15) is 19.6 Å². The SMILES string of the molecule is CC(C)NC(=O)CNC(=O)CN1C(=O)C(=O)N(Cc2ccco2)C1=O. The van der Waals surface area contributed by atoms with Gasteiger partial charge in [-0.3, -0.25) is 19.2 Å². The fourth-order valence-electron chi connectivity index (χ4n) is 2.14. The minimum atomic E-state index is -1.10. The van der Waals surface area contributed by atoms with Gasteiger partial charge in [-0.2, -0.15) is 0 Å². The molecule has 0 aromatic carbocycles. The molecule has 0 saturated carbocycles. The van der Waals surface area contributed by atoms with E-state index in [-0.39, 0.29) is 19.1 Å². The molecule has 1 aromatic rings. The van der Waals surface area contributed by atoms with Gasteiger partial charge < -0.3 is 15.1 Å². The Morgan fingerprint density at radius 1 is 1.12 bits per heavy atom. The lowest BCUT2D eigenvalue weighted by molar-refractivity contribution is -0.144. The molecule has 1 aliphatic rings. The summed E-state index contributed by atoms with van der Waals surface area (Å²) in [5.74, 6) is -2.94. The molecule has 10 nitrogen and oxygen atoms in total. The van der Waals surface area contributed by atoms with Crippen LogP contribution in [0.2, 0.25) is 0 Å². The van der Waals surface area contributed by atoms with Crippen molar-refractivity contribution in [3.8, 4) is 0 Å². The molecule has 1 saturated heterocycles. The third-order valence-corrected chi connectivity index (χ3v) is 3.23. The maximum absolute atomic E-state index is 12.2. The number of amides is 6. The van der Waals surface area contributed by atoms with Crippen LogP contribution >= 0.6 is 0 Å². The lowest BCUT2D eigenvalue weighted by Gasteiger charge is -2.14.